The lowest BCUT2D eigenvalue weighted by Gasteiger charge is -2.39. The Kier molecular flexibility index (Phi) is 19.0. The van der Waals surface area contributed by atoms with E-state index in [1.807, 2.05) is 84.9 Å². The highest BCUT2D eigenvalue weighted by molar-refractivity contribution is 7.91. The van der Waals surface area contributed by atoms with Gasteiger partial charge in [0.15, 0.2) is 19.7 Å². The molecule has 0 amide bonds. The third-order valence-corrected chi connectivity index (χ3v) is 16.3. The van der Waals surface area contributed by atoms with Crippen LogP contribution in [0.4, 0.5) is 4.39 Å². The normalized spacial score (nSPS) is 24.8. The molecule has 2 aliphatic heterocycles. The first kappa shape index (κ1) is 50.7. The first-order valence-corrected chi connectivity index (χ1v) is 25.2. The van der Waals surface area contributed by atoms with Gasteiger partial charge in [0.1, 0.15) is 11.6 Å². The summed E-state index contributed by atoms with van der Waals surface area (Å²) in [6.45, 7) is 18.0. The Morgan fingerprint density at radius 1 is 0.700 bits per heavy atom. The lowest BCUT2D eigenvalue weighted by molar-refractivity contribution is 0.0173. The molecule has 4 unspecified atom stereocenters. The molecule has 0 fully saturated rings. The number of unbranched alkanes of at least 4 members (excludes halogenated alkanes) is 2. The maximum absolute atomic E-state index is 14.2. The lowest BCUT2D eigenvalue weighted by atomic mass is 9.69. The molecule has 1 aromatic heterocycles. The number of benzene rings is 3. The molecule has 0 bridgehead atoms. The van der Waals surface area contributed by atoms with Crippen molar-refractivity contribution in [3.8, 4) is 5.75 Å². The Balaban J connectivity index is 0.000000296. The number of halogens is 1. The van der Waals surface area contributed by atoms with E-state index in [-0.39, 0.29) is 21.3 Å². The molecule has 6 rings (SSSR count). The van der Waals surface area contributed by atoms with Crippen LogP contribution in [0.2, 0.25) is 0 Å². The summed E-state index contributed by atoms with van der Waals surface area (Å²) >= 11 is 0. The minimum atomic E-state index is -3.66. The van der Waals surface area contributed by atoms with Gasteiger partial charge in [-0.3, -0.25) is 4.98 Å². The predicted octanol–water partition coefficient (Wildman–Crippen LogP) is 11.0. The maximum Gasteiger partial charge on any atom is 0.179 e. The molecule has 8 nitrogen and oxygen atoms in total. The van der Waals surface area contributed by atoms with Crippen molar-refractivity contribution in [3.05, 3.63) is 119 Å². The molecule has 0 saturated carbocycles. The fourth-order valence-corrected chi connectivity index (χ4v) is 13.5. The van der Waals surface area contributed by atoms with Gasteiger partial charge in [0.25, 0.3) is 0 Å². The van der Waals surface area contributed by atoms with Crippen molar-refractivity contribution < 1.29 is 36.2 Å². The zero-order valence-corrected chi connectivity index (χ0v) is 39.2. The molecule has 11 heteroatoms. The number of pyridine rings is 1. The highest BCUT2D eigenvalue weighted by Gasteiger charge is 2.50. The molecule has 3 heterocycles. The Labute approximate surface area is 360 Å². The molecule has 0 aliphatic carbocycles. The van der Waals surface area contributed by atoms with Crippen LogP contribution in [0.1, 0.15) is 146 Å². The average molecular weight is 868 g/mol. The quantitative estimate of drug-likeness (QED) is 0.143. The van der Waals surface area contributed by atoms with Gasteiger partial charge in [0.2, 0.25) is 0 Å². The second-order valence-electron chi connectivity index (χ2n) is 15.8. The van der Waals surface area contributed by atoms with Crippen molar-refractivity contribution in [2.45, 2.75) is 148 Å². The molecule has 60 heavy (non-hydrogen) atoms. The third-order valence-electron chi connectivity index (χ3n) is 12.3. The van der Waals surface area contributed by atoms with Crippen LogP contribution in [0.15, 0.2) is 95.0 Å². The van der Waals surface area contributed by atoms with E-state index in [4.69, 9.17) is 4.74 Å². The van der Waals surface area contributed by atoms with E-state index in [1.54, 1.807) is 37.7 Å². The van der Waals surface area contributed by atoms with Gasteiger partial charge in [0.05, 0.1) is 40.6 Å². The van der Waals surface area contributed by atoms with E-state index in [1.165, 1.54) is 18.2 Å². The SMILES string of the molecule is CC.CC.CCCCC1(CC)CS(=O)(=O)c2ccc(F)cc2[C@@H](c2cccc(C)c2)C1O.CCCCC1(CC)CS(=O)(=O)c2ccc(OC)cc2[C@@H](c2cccnc2)C1O. The van der Waals surface area contributed by atoms with E-state index < -0.39 is 60.4 Å². The molecule has 3 aromatic carbocycles. The smallest absolute Gasteiger partial charge is 0.179 e. The average Bonchev–Trinajstić information content (AvgIpc) is 3.37. The number of rotatable bonds is 11. The van der Waals surface area contributed by atoms with Gasteiger partial charge in [-0.2, -0.15) is 0 Å². The van der Waals surface area contributed by atoms with E-state index in [2.05, 4.69) is 18.8 Å². The summed E-state index contributed by atoms with van der Waals surface area (Å²) < 4.78 is 72.9. The first-order valence-electron chi connectivity index (χ1n) is 21.9. The van der Waals surface area contributed by atoms with Gasteiger partial charge in [0, 0.05) is 35.1 Å². The van der Waals surface area contributed by atoms with Gasteiger partial charge in [-0.1, -0.05) is 117 Å². The molecule has 332 valence electrons. The maximum atomic E-state index is 14.2. The highest BCUT2D eigenvalue weighted by atomic mass is 32.2. The van der Waals surface area contributed by atoms with Gasteiger partial charge in [-0.15, -0.1) is 0 Å². The van der Waals surface area contributed by atoms with E-state index in [0.717, 1.165) is 42.4 Å². The number of ether oxygens (including phenoxy) is 1. The molecule has 0 radical (unpaired) electrons. The number of nitrogens with zero attached hydrogens (tertiary/aromatic N) is 1. The van der Waals surface area contributed by atoms with Crippen molar-refractivity contribution in [2.75, 3.05) is 18.6 Å². The van der Waals surface area contributed by atoms with Crippen LogP contribution < -0.4 is 4.74 Å². The fourth-order valence-electron chi connectivity index (χ4n) is 8.98. The van der Waals surface area contributed by atoms with Crippen LogP contribution in [0.25, 0.3) is 0 Å². The second-order valence-corrected chi connectivity index (χ2v) is 19.7. The number of hydrogen-bond acceptors (Lipinski definition) is 8. The van der Waals surface area contributed by atoms with Gasteiger partial charge >= 0.3 is 0 Å². The number of aromatic nitrogens is 1. The summed E-state index contributed by atoms with van der Waals surface area (Å²) in [5, 5.41) is 23.3. The largest absolute Gasteiger partial charge is 0.497 e. The van der Waals surface area contributed by atoms with E-state index >= 15 is 0 Å². The molecular formula is C49H70FNO7S2. The topological polar surface area (TPSA) is 131 Å². The molecular weight excluding hydrogens is 798 g/mol. The van der Waals surface area contributed by atoms with Crippen LogP contribution >= 0.6 is 0 Å². The number of aryl methyl sites for hydroxylation is 1. The van der Waals surface area contributed by atoms with Crippen LogP contribution in [0.3, 0.4) is 0 Å². The van der Waals surface area contributed by atoms with Crippen LogP contribution in [-0.2, 0) is 19.7 Å². The number of hydrogen-bond donors (Lipinski definition) is 2. The van der Waals surface area contributed by atoms with Crippen molar-refractivity contribution in [3.63, 3.8) is 0 Å². The van der Waals surface area contributed by atoms with E-state index in [9.17, 15) is 31.4 Å². The lowest BCUT2D eigenvalue weighted by Crippen LogP contribution is -2.42. The molecule has 6 atom stereocenters. The molecule has 0 spiro atoms. The predicted molar refractivity (Wildman–Crippen MR) is 242 cm³/mol. The number of sulfone groups is 2. The first-order chi connectivity index (χ1) is 28.6. The number of aliphatic hydroxyl groups is 2. The molecule has 0 saturated heterocycles. The van der Waals surface area contributed by atoms with Crippen molar-refractivity contribution in [1.29, 1.82) is 0 Å². The summed E-state index contributed by atoms with van der Waals surface area (Å²) in [6, 6.07) is 20.3. The molecule has 4 aromatic rings. The summed E-state index contributed by atoms with van der Waals surface area (Å²) in [4.78, 5) is 4.65. The molecule has 2 aliphatic rings. The van der Waals surface area contributed by atoms with Gasteiger partial charge in [-0.25, -0.2) is 21.2 Å². The van der Waals surface area contributed by atoms with Gasteiger partial charge < -0.3 is 14.9 Å². The van der Waals surface area contributed by atoms with Crippen LogP contribution in [0, 0.1) is 23.6 Å². The van der Waals surface area contributed by atoms with Crippen molar-refractivity contribution in [1.82, 2.24) is 4.98 Å². The minimum absolute atomic E-state index is 0.0479. The van der Waals surface area contributed by atoms with Crippen molar-refractivity contribution >= 4 is 19.7 Å². The second kappa shape index (κ2) is 22.5. The Bertz CT molecular complexity index is 2180. The van der Waals surface area contributed by atoms with Crippen LogP contribution in [-0.4, -0.2) is 62.9 Å². The zero-order chi connectivity index (χ0) is 44.9. The van der Waals surface area contributed by atoms with E-state index in [0.29, 0.717) is 42.6 Å². The van der Waals surface area contributed by atoms with Gasteiger partial charge in [-0.05, 0) is 97.3 Å². The number of methoxy groups -OCH3 is 1. The number of aliphatic hydroxyl groups excluding tert-OH is 2. The van der Waals surface area contributed by atoms with Crippen LogP contribution in [0.5, 0.6) is 5.75 Å². The summed E-state index contributed by atoms with van der Waals surface area (Å²) in [7, 11) is -5.66. The highest BCUT2D eigenvalue weighted by Crippen LogP contribution is 2.50. The standard InChI is InChI=1S/C23H29FO3S.C22H29NO4S.2C2H6/c1-4-6-12-23(5-2)15-28(26,27)20-11-10-18(24)14-19(20)21(22(23)25)17-9-7-8-16(3)13-17;1-4-6-11-22(5-2)15-28(25,26)19-10-9-17(27-3)13-18(19)20(21(22)24)16-8-7-12-23-14-16;2*1-2/h7-11,13-14,21-22,25H,4-6,12,15H2,1-3H3;7-10,12-14,20-21,24H,4-6,11,15H2,1-3H3;2*1-2H3/t21-,22?,23?;20-,21?,22?;;/m11../s1. The number of fused-ring (bicyclic) bond motifs is 2. The van der Waals surface area contributed by atoms with Crippen molar-refractivity contribution in [2.24, 2.45) is 10.8 Å². The Hall–Kier alpha value is -3.64. The molecule has 2 N–H and O–H groups in total. The minimum Gasteiger partial charge on any atom is -0.497 e. The summed E-state index contributed by atoms with van der Waals surface area (Å²) in [6.07, 6.45) is 7.67. The Morgan fingerprint density at radius 2 is 1.20 bits per heavy atom. The fraction of sp³-hybridized carbons (Fsp3) is 0.531. The summed E-state index contributed by atoms with van der Waals surface area (Å²) in [5.74, 6) is -1.14. The summed E-state index contributed by atoms with van der Waals surface area (Å²) in [5.41, 5.74) is 2.14. The Morgan fingerprint density at radius 3 is 1.67 bits per heavy atom. The third kappa shape index (κ3) is 11.0. The monoisotopic (exact) mass is 867 g/mol. The zero-order valence-electron chi connectivity index (χ0n) is 37.5.